The molecule has 0 aliphatic carbocycles. The first-order chi connectivity index (χ1) is 12.6. The minimum Gasteiger partial charge on any atom is -0.467 e. The van der Waals surface area contributed by atoms with Gasteiger partial charge in [0.15, 0.2) is 5.82 Å². The van der Waals surface area contributed by atoms with Gasteiger partial charge in [-0.3, -0.25) is 0 Å². The number of hydrogen-bond acceptors (Lipinski definition) is 6. The van der Waals surface area contributed by atoms with Gasteiger partial charge < -0.3 is 15.5 Å². The van der Waals surface area contributed by atoms with Gasteiger partial charge in [0.25, 0.3) is 0 Å². The second kappa shape index (κ2) is 7.19. The highest BCUT2D eigenvalue weighted by Gasteiger charge is 2.19. The second-order valence-corrected chi connectivity index (χ2v) is 7.79. The fourth-order valence-corrected chi connectivity index (χ4v) is 4.75. The van der Waals surface area contributed by atoms with E-state index in [2.05, 4.69) is 21.2 Å². The van der Waals surface area contributed by atoms with Crippen LogP contribution in [0.3, 0.4) is 0 Å². The van der Waals surface area contributed by atoms with Crippen molar-refractivity contribution >= 4 is 43.3 Å². The van der Waals surface area contributed by atoms with Gasteiger partial charge in [0, 0.05) is 16.5 Å². The summed E-state index contributed by atoms with van der Waals surface area (Å²) in [6.45, 7) is 2.52. The topological polar surface area (TPSA) is 77.0 Å². The SMILES string of the molecule is C[C@H](N)c1sc2c(NCc3ccco3)nc(-c3ccccc3)nc2c1Br. The van der Waals surface area contributed by atoms with Crippen LogP contribution in [0.15, 0.2) is 57.6 Å². The van der Waals surface area contributed by atoms with E-state index in [1.807, 2.05) is 49.4 Å². The van der Waals surface area contributed by atoms with E-state index in [-0.39, 0.29) is 6.04 Å². The number of rotatable bonds is 5. The largest absolute Gasteiger partial charge is 0.467 e. The Labute approximate surface area is 163 Å². The molecule has 1 atom stereocenters. The van der Waals surface area contributed by atoms with Gasteiger partial charge in [-0.15, -0.1) is 11.3 Å². The number of nitrogens with zero attached hydrogens (tertiary/aromatic N) is 2. The van der Waals surface area contributed by atoms with E-state index in [1.165, 1.54) is 0 Å². The van der Waals surface area contributed by atoms with Crippen LogP contribution in [0.2, 0.25) is 0 Å². The standard InChI is InChI=1S/C19H17BrN4OS/c1-11(21)16-14(20)15-17(26-16)19(22-10-13-8-5-9-25-13)24-18(23-15)12-6-3-2-4-7-12/h2-9,11H,10,21H2,1H3,(H,22,23,24)/t11-/m0/s1. The van der Waals surface area contributed by atoms with Gasteiger partial charge in [0.2, 0.25) is 0 Å². The van der Waals surface area contributed by atoms with Crippen LogP contribution in [0.5, 0.6) is 0 Å². The first-order valence-corrected chi connectivity index (χ1v) is 9.81. The molecule has 3 heterocycles. The molecule has 0 saturated carbocycles. The Morgan fingerprint density at radius 2 is 2.00 bits per heavy atom. The minimum absolute atomic E-state index is 0.0818. The molecule has 1 aromatic carbocycles. The number of halogens is 1. The highest BCUT2D eigenvalue weighted by Crippen LogP contribution is 2.41. The summed E-state index contributed by atoms with van der Waals surface area (Å²) in [7, 11) is 0. The Morgan fingerprint density at radius 3 is 2.69 bits per heavy atom. The smallest absolute Gasteiger partial charge is 0.162 e. The predicted octanol–water partition coefficient (Wildman–Crippen LogP) is 5.35. The minimum atomic E-state index is -0.0818. The molecule has 26 heavy (non-hydrogen) atoms. The highest BCUT2D eigenvalue weighted by molar-refractivity contribution is 9.10. The Kier molecular flexibility index (Phi) is 4.76. The number of fused-ring (bicyclic) bond motifs is 1. The summed E-state index contributed by atoms with van der Waals surface area (Å²) in [5, 5.41) is 3.38. The Bertz CT molecular complexity index is 1030. The molecule has 0 amide bonds. The van der Waals surface area contributed by atoms with Gasteiger partial charge in [-0.1, -0.05) is 30.3 Å². The quantitative estimate of drug-likeness (QED) is 0.448. The van der Waals surface area contributed by atoms with Crippen LogP contribution in [-0.2, 0) is 6.54 Å². The highest BCUT2D eigenvalue weighted by atomic mass is 79.9. The van der Waals surface area contributed by atoms with E-state index in [0.717, 1.165) is 36.7 Å². The van der Waals surface area contributed by atoms with Crippen molar-refractivity contribution in [3.8, 4) is 11.4 Å². The van der Waals surface area contributed by atoms with Crippen molar-refractivity contribution in [1.29, 1.82) is 0 Å². The van der Waals surface area contributed by atoms with E-state index < -0.39 is 0 Å². The number of thiophene rings is 1. The number of hydrogen-bond donors (Lipinski definition) is 2. The maximum atomic E-state index is 6.13. The average molecular weight is 429 g/mol. The molecule has 0 aliphatic heterocycles. The fourth-order valence-electron chi connectivity index (χ4n) is 2.68. The van der Waals surface area contributed by atoms with E-state index in [0.29, 0.717) is 12.4 Å². The van der Waals surface area contributed by atoms with Crippen LogP contribution >= 0.6 is 27.3 Å². The zero-order chi connectivity index (χ0) is 18.1. The predicted molar refractivity (Wildman–Crippen MR) is 109 cm³/mol. The molecular weight excluding hydrogens is 412 g/mol. The molecule has 0 spiro atoms. The van der Waals surface area contributed by atoms with E-state index in [9.17, 15) is 0 Å². The first kappa shape index (κ1) is 17.2. The van der Waals surface area contributed by atoms with E-state index in [4.69, 9.17) is 20.1 Å². The molecule has 4 rings (SSSR count). The van der Waals surface area contributed by atoms with Gasteiger partial charge in [0.1, 0.15) is 17.1 Å². The third-order valence-corrected chi connectivity index (χ3v) is 6.41. The monoisotopic (exact) mass is 428 g/mol. The zero-order valence-corrected chi connectivity index (χ0v) is 16.5. The molecule has 0 radical (unpaired) electrons. The van der Waals surface area contributed by atoms with Crippen molar-refractivity contribution in [1.82, 2.24) is 9.97 Å². The summed E-state index contributed by atoms with van der Waals surface area (Å²) in [5.74, 6) is 2.30. The van der Waals surface area contributed by atoms with Crippen LogP contribution in [0.4, 0.5) is 5.82 Å². The van der Waals surface area contributed by atoms with Gasteiger partial charge >= 0.3 is 0 Å². The molecule has 4 aromatic rings. The lowest BCUT2D eigenvalue weighted by atomic mass is 10.2. The van der Waals surface area contributed by atoms with Crippen LogP contribution in [0.1, 0.15) is 23.6 Å². The maximum Gasteiger partial charge on any atom is 0.162 e. The Hall–Kier alpha value is -2.22. The van der Waals surface area contributed by atoms with Crippen LogP contribution < -0.4 is 11.1 Å². The van der Waals surface area contributed by atoms with E-state index in [1.54, 1.807) is 17.6 Å². The first-order valence-electron chi connectivity index (χ1n) is 8.20. The van der Waals surface area contributed by atoms with Gasteiger partial charge in [-0.2, -0.15) is 0 Å². The fraction of sp³-hybridized carbons (Fsp3) is 0.158. The van der Waals surface area contributed by atoms with Gasteiger partial charge in [-0.05, 0) is 35.0 Å². The summed E-state index contributed by atoms with van der Waals surface area (Å²) in [6.07, 6.45) is 1.66. The lowest BCUT2D eigenvalue weighted by Gasteiger charge is -2.08. The molecule has 0 aliphatic rings. The van der Waals surface area contributed by atoms with Gasteiger partial charge in [0.05, 0.1) is 22.0 Å². The lowest BCUT2D eigenvalue weighted by molar-refractivity contribution is 0.518. The van der Waals surface area contributed by atoms with Crippen molar-refractivity contribution in [3.05, 3.63) is 63.8 Å². The molecule has 3 aromatic heterocycles. The van der Waals surface area contributed by atoms with Gasteiger partial charge in [-0.25, -0.2) is 9.97 Å². The number of aromatic nitrogens is 2. The number of benzene rings is 1. The molecule has 0 unspecified atom stereocenters. The molecule has 0 fully saturated rings. The third-order valence-electron chi connectivity index (χ3n) is 3.96. The van der Waals surface area contributed by atoms with Crippen LogP contribution in [0.25, 0.3) is 21.6 Å². The molecular formula is C19H17BrN4OS. The summed E-state index contributed by atoms with van der Waals surface area (Å²) in [5.41, 5.74) is 7.97. The van der Waals surface area contributed by atoms with Crippen LogP contribution in [0, 0.1) is 0 Å². The lowest BCUT2D eigenvalue weighted by Crippen LogP contribution is -2.03. The number of nitrogens with two attached hydrogens (primary N) is 1. The van der Waals surface area contributed by atoms with Crippen molar-refractivity contribution < 1.29 is 4.42 Å². The Balaban J connectivity index is 1.84. The molecule has 0 bridgehead atoms. The third kappa shape index (κ3) is 3.25. The van der Waals surface area contributed by atoms with E-state index >= 15 is 0 Å². The number of anilines is 1. The summed E-state index contributed by atoms with van der Waals surface area (Å²) >= 11 is 5.29. The van der Waals surface area contributed by atoms with Crippen LogP contribution in [-0.4, -0.2) is 9.97 Å². The Morgan fingerprint density at radius 1 is 1.19 bits per heavy atom. The summed E-state index contributed by atoms with van der Waals surface area (Å²) in [6, 6.07) is 13.7. The average Bonchev–Trinajstić information content (AvgIpc) is 3.29. The molecule has 132 valence electrons. The van der Waals surface area contributed by atoms with Crippen molar-refractivity contribution in [2.24, 2.45) is 5.73 Å². The zero-order valence-electron chi connectivity index (χ0n) is 14.1. The normalized spacial score (nSPS) is 12.4. The molecule has 0 saturated heterocycles. The maximum absolute atomic E-state index is 6.13. The van der Waals surface area contributed by atoms with Crippen molar-refractivity contribution in [3.63, 3.8) is 0 Å². The number of furan rings is 1. The van der Waals surface area contributed by atoms with Crippen molar-refractivity contribution in [2.75, 3.05) is 5.32 Å². The van der Waals surface area contributed by atoms with Crippen molar-refractivity contribution in [2.45, 2.75) is 19.5 Å². The molecule has 3 N–H and O–H groups in total. The summed E-state index contributed by atoms with van der Waals surface area (Å²) < 4.78 is 7.34. The summed E-state index contributed by atoms with van der Waals surface area (Å²) in [4.78, 5) is 10.6. The second-order valence-electron chi connectivity index (χ2n) is 5.94. The molecule has 7 heteroatoms. The number of nitrogens with one attached hydrogen (secondary N) is 1. The molecule has 5 nitrogen and oxygen atoms in total.